The highest BCUT2D eigenvalue weighted by molar-refractivity contribution is 5.91. The van der Waals surface area contributed by atoms with Gasteiger partial charge in [-0.15, -0.1) is 0 Å². The van der Waals surface area contributed by atoms with Crippen molar-refractivity contribution in [2.24, 2.45) is 0 Å². The van der Waals surface area contributed by atoms with E-state index in [2.05, 4.69) is 51.3 Å². The van der Waals surface area contributed by atoms with Gasteiger partial charge in [0.05, 0.1) is 18.3 Å². The Balaban J connectivity index is 1.49. The van der Waals surface area contributed by atoms with E-state index in [1.165, 1.54) is 5.69 Å². The van der Waals surface area contributed by atoms with Crippen molar-refractivity contribution in [3.8, 4) is 28.3 Å². The van der Waals surface area contributed by atoms with Crippen LogP contribution in [0.2, 0.25) is 0 Å². The lowest BCUT2D eigenvalue weighted by atomic mass is 10.1. The monoisotopic (exact) mass is 399 g/mol. The summed E-state index contributed by atoms with van der Waals surface area (Å²) in [4.78, 5) is 9.72. The second-order valence-corrected chi connectivity index (χ2v) is 7.70. The maximum Gasteiger partial charge on any atom is 0.128 e. The van der Waals surface area contributed by atoms with E-state index >= 15 is 0 Å². The lowest BCUT2D eigenvalue weighted by Crippen LogP contribution is -2.44. The highest BCUT2D eigenvalue weighted by Crippen LogP contribution is 2.32. The third-order valence-corrected chi connectivity index (χ3v) is 5.80. The molecule has 0 unspecified atom stereocenters. The van der Waals surface area contributed by atoms with Gasteiger partial charge in [-0.05, 0) is 43.4 Å². The Morgan fingerprint density at radius 2 is 1.67 bits per heavy atom. The van der Waals surface area contributed by atoms with E-state index in [9.17, 15) is 0 Å². The molecule has 0 spiro atoms. The fourth-order valence-electron chi connectivity index (χ4n) is 4.00. The van der Waals surface area contributed by atoms with Crippen molar-refractivity contribution in [3.63, 3.8) is 0 Å². The third-order valence-electron chi connectivity index (χ3n) is 5.80. The number of H-pyrrole nitrogens is 1. The van der Waals surface area contributed by atoms with Crippen LogP contribution in [0.3, 0.4) is 0 Å². The number of benzene rings is 2. The van der Waals surface area contributed by atoms with Crippen LogP contribution >= 0.6 is 0 Å². The molecule has 2 aromatic heterocycles. The number of nitrogens with zero attached hydrogens (tertiary/aromatic N) is 4. The predicted molar refractivity (Wildman–Crippen MR) is 121 cm³/mol. The number of likely N-dealkylation sites (N-methyl/N-ethyl adjacent to an activating group) is 1. The predicted octanol–water partition coefficient (Wildman–Crippen LogP) is 4.05. The molecule has 0 radical (unpaired) electrons. The average Bonchev–Trinajstić information content (AvgIpc) is 3.23. The largest absolute Gasteiger partial charge is 0.496 e. The van der Waals surface area contributed by atoms with Crippen molar-refractivity contribution in [1.82, 2.24) is 20.1 Å². The Morgan fingerprint density at radius 3 is 2.43 bits per heavy atom. The van der Waals surface area contributed by atoms with Gasteiger partial charge in [-0.1, -0.05) is 24.3 Å². The van der Waals surface area contributed by atoms with E-state index in [1.807, 2.05) is 36.4 Å². The van der Waals surface area contributed by atoms with Crippen LogP contribution in [0.25, 0.3) is 33.5 Å². The van der Waals surface area contributed by atoms with Gasteiger partial charge in [0.15, 0.2) is 0 Å². The van der Waals surface area contributed by atoms with Crippen LogP contribution in [0.15, 0.2) is 60.7 Å². The highest BCUT2D eigenvalue weighted by atomic mass is 16.5. The van der Waals surface area contributed by atoms with Gasteiger partial charge in [0, 0.05) is 43.0 Å². The number of para-hydroxylation sites is 1. The van der Waals surface area contributed by atoms with Crippen molar-refractivity contribution in [2.45, 2.75) is 0 Å². The molecule has 1 saturated heterocycles. The summed E-state index contributed by atoms with van der Waals surface area (Å²) in [6.45, 7) is 4.32. The minimum absolute atomic E-state index is 0.811. The molecule has 1 aliphatic rings. The number of hydrogen-bond acceptors (Lipinski definition) is 5. The number of methoxy groups -OCH3 is 1. The summed E-state index contributed by atoms with van der Waals surface area (Å²) < 4.78 is 5.51. The van der Waals surface area contributed by atoms with E-state index in [0.29, 0.717) is 0 Å². The summed E-state index contributed by atoms with van der Waals surface area (Å²) in [6, 6.07) is 20.6. The van der Waals surface area contributed by atoms with Crippen molar-refractivity contribution in [3.05, 3.63) is 60.7 Å². The van der Waals surface area contributed by atoms with Gasteiger partial charge in [-0.25, -0.2) is 4.98 Å². The Morgan fingerprint density at radius 1 is 0.900 bits per heavy atom. The Hall–Kier alpha value is -3.38. The van der Waals surface area contributed by atoms with Crippen LogP contribution in [0.5, 0.6) is 5.75 Å². The van der Waals surface area contributed by atoms with Crippen molar-refractivity contribution in [2.75, 3.05) is 45.2 Å². The smallest absolute Gasteiger partial charge is 0.128 e. The van der Waals surface area contributed by atoms with Gasteiger partial charge in [0.1, 0.15) is 17.0 Å². The van der Waals surface area contributed by atoms with Crippen LogP contribution in [-0.2, 0) is 0 Å². The zero-order valence-electron chi connectivity index (χ0n) is 17.3. The van der Waals surface area contributed by atoms with Crippen LogP contribution in [0, 0.1) is 0 Å². The van der Waals surface area contributed by atoms with Gasteiger partial charge in [-0.3, -0.25) is 5.10 Å². The van der Waals surface area contributed by atoms with Crippen molar-refractivity contribution in [1.29, 1.82) is 0 Å². The summed E-state index contributed by atoms with van der Waals surface area (Å²) in [5.74, 6) is 0.811. The van der Waals surface area contributed by atoms with E-state index in [4.69, 9.17) is 9.72 Å². The van der Waals surface area contributed by atoms with Crippen LogP contribution < -0.4 is 9.64 Å². The van der Waals surface area contributed by atoms with Gasteiger partial charge in [-0.2, -0.15) is 5.10 Å². The second kappa shape index (κ2) is 7.80. The van der Waals surface area contributed by atoms with Gasteiger partial charge < -0.3 is 14.5 Å². The topological polar surface area (TPSA) is 57.3 Å². The molecular formula is C24H25N5O. The number of piperazine rings is 1. The van der Waals surface area contributed by atoms with E-state index in [-0.39, 0.29) is 0 Å². The molecule has 4 aromatic rings. The summed E-state index contributed by atoms with van der Waals surface area (Å²) >= 11 is 0. The van der Waals surface area contributed by atoms with Crippen LogP contribution in [-0.4, -0.2) is 60.4 Å². The van der Waals surface area contributed by atoms with Crippen molar-refractivity contribution < 1.29 is 4.74 Å². The summed E-state index contributed by atoms with van der Waals surface area (Å²) in [6.07, 6.45) is 0. The number of hydrogen-bond donors (Lipinski definition) is 1. The molecule has 0 bridgehead atoms. The molecule has 30 heavy (non-hydrogen) atoms. The summed E-state index contributed by atoms with van der Waals surface area (Å²) in [5.41, 5.74) is 6.82. The van der Waals surface area contributed by atoms with Crippen LogP contribution in [0.1, 0.15) is 0 Å². The first-order valence-corrected chi connectivity index (χ1v) is 10.3. The molecular weight excluding hydrogens is 374 g/mol. The van der Waals surface area contributed by atoms with Gasteiger partial charge >= 0.3 is 0 Å². The number of ether oxygens (including phenoxy) is 1. The maximum absolute atomic E-state index is 5.51. The normalized spacial score (nSPS) is 14.9. The van der Waals surface area contributed by atoms with E-state index < -0.39 is 0 Å². The highest BCUT2D eigenvalue weighted by Gasteiger charge is 2.16. The SMILES string of the molecule is COc1ccccc1-c1ccc2[nH]nc(-c3ccc(N4CCN(C)CC4)cc3)c2n1. The number of aromatic nitrogens is 3. The van der Waals surface area contributed by atoms with Crippen molar-refractivity contribution >= 4 is 16.7 Å². The zero-order chi connectivity index (χ0) is 20.5. The fourth-order valence-corrected chi connectivity index (χ4v) is 4.00. The lowest BCUT2D eigenvalue weighted by Gasteiger charge is -2.34. The molecule has 0 saturated carbocycles. The number of anilines is 1. The molecule has 1 aliphatic heterocycles. The lowest BCUT2D eigenvalue weighted by molar-refractivity contribution is 0.313. The van der Waals surface area contributed by atoms with E-state index in [1.54, 1.807) is 7.11 Å². The third kappa shape index (κ3) is 3.39. The Bertz CT molecular complexity index is 1160. The number of pyridine rings is 1. The second-order valence-electron chi connectivity index (χ2n) is 7.70. The minimum atomic E-state index is 0.811. The first-order valence-electron chi connectivity index (χ1n) is 10.3. The molecule has 0 atom stereocenters. The summed E-state index contributed by atoms with van der Waals surface area (Å²) in [7, 11) is 3.86. The number of nitrogens with one attached hydrogen (secondary N) is 1. The average molecular weight is 399 g/mol. The molecule has 0 aliphatic carbocycles. The molecule has 2 aromatic carbocycles. The summed E-state index contributed by atoms with van der Waals surface area (Å²) in [5, 5.41) is 7.67. The minimum Gasteiger partial charge on any atom is -0.496 e. The molecule has 1 N–H and O–H groups in total. The Labute approximate surface area is 176 Å². The maximum atomic E-state index is 5.51. The number of aromatic amines is 1. The van der Waals surface area contributed by atoms with Gasteiger partial charge in [0.25, 0.3) is 0 Å². The zero-order valence-corrected chi connectivity index (χ0v) is 17.3. The first kappa shape index (κ1) is 18.6. The molecule has 6 heteroatoms. The number of rotatable bonds is 4. The quantitative estimate of drug-likeness (QED) is 0.561. The molecule has 152 valence electrons. The molecule has 3 heterocycles. The molecule has 5 rings (SSSR count). The Kier molecular flexibility index (Phi) is 4.85. The number of fused-ring (bicyclic) bond motifs is 1. The molecule has 6 nitrogen and oxygen atoms in total. The van der Waals surface area contributed by atoms with E-state index in [0.717, 1.165) is 65.5 Å². The first-order chi connectivity index (χ1) is 14.7. The molecule has 1 fully saturated rings. The van der Waals surface area contributed by atoms with Gasteiger partial charge in [0.2, 0.25) is 0 Å². The van der Waals surface area contributed by atoms with Crippen LogP contribution in [0.4, 0.5) is 5.69 Å². The fraction of sp³-hybridized carbons (Fsp3) is 0.250. The standard InChI is InChI=1S/C24H25N5O/c1-28-13-15-29(16-14-28)18-9-7-17(8-10-18)23-24-21(26-27-23)12-11-20(25-24)19-5-3-4-6-22(19)30-2/h3-12H,13-16H2,1-2H3,(H,26,27). The molecule has 0 amide bonds.